The van der Waals surface area contributed by atoms with E-state index >= 15 is 0 Å². The molecule has 4 heteroatoms. The zero-order chi connectivity index (χ0) is 25.0. The fraction of sp³-hybridized carbons (Fsp3) is 0.516. The fourth-order valence-electron chi connectivity index (χ4n) is 7.54. The predicted octanol–water partition coefficient (Wildman–Crippen LogP) is 7.95. The standard InChI is InChI=1S/C31H39O3Si/c1-30(2,3)26-13-12-24(9-6-20-7-10-25(11-8-20)29(32)33)28(34-35(4)5)27(26)31-17-21-14-22(18-31)16-23(15-21)19-31/h6-13,21-23H,14-19H2,1-5H3,(H,32,33). The molecule has 3 nitrogen and oxygen atoms in total. The minimum Gasteiger partial charge on any atom is -0.542 e. The molecule has 6 rings (SSSR count). The van der Waals surface area contributed by atoms with Crippen molar-refractivity contribution in [3.05, 3.63) is 64.2 Å². The van der Waals surface area contributed by atoms with Crippen molar-refractivity contribution in [2.45, 2.75) is 83.2 Å². The van der Waals surface area contributed by atoms with Gasteiger partial charge in [0.25, 0.3) is 9.04 Å². The van der Waals surface area contributed by atoms with E-state index in [2.05, 4.69) is 58.2 Å². The van der Waals surface area contributed by atoms with Gasteiger partial charge in [-0.25, -0.2) is 4.79 Å². The van der Waals surface area contributed by atoms with Gasteiger partial charge in [0.05, 0.1) is 5.56 Å². The summed E-state index contributed by atoms with van der Waals surface area (Å²) in [5.74, 6) is 2.86. The third kappa shape index (κ3) is 4.74. The molecule has 4 fully saturated rings. The van der Waals surface area contributed by atoms with Crippen molar-refractivity contribution in [3.63, 3.8) is 0 Å². The number of aromatic carboxylic acids is 1. The fourth-order valence-corrected chi connectivity index (χ4v) is 8.16. The third-order valence-corrected chi connectivity index (χ3v) is 9.10. The molecule has 0 spiro atoms. The van der Waals surface area contributed by atoms with Crippen LogP contribution in [0.5, 0.6) is 5.75 Å². The number of benzene rings is 2. The van der Waals surface area contributed by atoms with Crippen molar-refractivity contribution in [2.75, 3.05) is 0 Å². The summed E-state index contributed by atoms with van der Waals surface area (Å²) >= 11 is 0. The molecule has 0 saturated heterocycles. The smallest absolute Gasteiger partial charge is 0.335 e. The van der Waals surface area contributed by atoms with E-state index in [0.717, 1.165) is 34.6 Å². The summed E-state index contributed by atoms with van der Waals surface area (Å²) in [6, 6.07) is 11.7. The molecule has 0 unspecified atom stereocenters. The molecule has 2 aromatic carbocycles. The minimum absolute atomic E-state index is 0.0556. The third-order valence-electron chi connectivity index (χ3n) is 8.48. The van der Waals surface area contributed by atoms with Gasteiger partial charge in [0.15, 0.2) is 0 Å². The second kappa shape index (κ2) is 8.96. The molecule has 35 heavy (non-hydrogen) atoms. The largest absolute Gasteiger partial charge is 0.542 e. The van der Waals surface area contributed by atoms with E-state index in [0.29, 0.717) is 5.56 Å². The monoisotopic (exact) mass is 487 g/mol. The first-order valence-corrected chi connectivity index (χ1v) is 15.6. The van der Waals surface area contributed by atoms with Crippen LogP contribution in [0, 0.1) is 17.8 Å². The van der Waals surface area contributed by atoms with Gasteiger partial charge in [-0.05, 0) is 98.0 Å². The summed E-state index contributed by atoms with van der Waals surface area (Å²) in [6.45, 7) is 11.5. The number of rotatable bonds is 6. The molecule has 0 heterocycles. The van der Waals surface area contributed by atoms with Crippen LogP contribution in [0.4, 0.5) is 0 Å². The van der Waals surface area contributed by atoms with E-state index in [1.165, 1.54) is 49.7 Å². The predicted molar refractivity (Wildman–Crippen MR) is 145 cm³/mol. The van der Waals surface area contributed by atoms with Crippen LogP contribution in [0.15, 0.2) is 36.4 Å². The molecule has 4 aliphatic rings. The van der Waals surface area contributed by atoms with Crippen molar-refractivity contribution in [2.24, 2.45) is 17.8 Å². The quantitative estimate of drug-likeness (QED) is 0.332. The lowest BCUT2D eigenvalue weighted by atomic mass is 9.47. The Morgan fingerprint density at radius 3 is 2.00 bits per heavy atom. The van der Waals surface area contributed by atoms with Gasteiger partial charge in [0.2, 0.25) is 0 Å². The van der Waals surface area contributed by atoms with Crippen LogP contribution in [0.25, 0.3) is 12.2 Å². The molecule has 0 atom stereocenters. The minimum atomic E-state index is -0.958. The van der Waals surface area contributed by atoms with E-state index in [9.17, 15) is 9.90 Å². The molecular weight excluding hydrogens is 448 g/mol. The molecular formula is C31H39O3Si. The Morgan fingerprint density at radius 2 is 1.51 bits per heavy atom. The molecule has 0 amide bonds. The number of carboxylic acids is 1. The average Bonchev–Trinajstić information content (AvgIpc) is 2.76. The van der Waals surface area contributed by atoms with Crippen LogP contribution >= 0.6 is 0 Å². The Hall–Kier alpha value is -2.33. The van der Waals surface area contributed by atoms with Gasteiger partial charge in [-0.15, -0.1) is 0 Å². The summed E-state index contributed by atoms with van der Waals surface area (Å²) in [5, 5.41) is 9.21. The zero-order valence-electron chi connectivity index (χ0n) is 21.9. The maximum Gasteiger partial charge on any atom is 0.335 e. The lowest BCUT2D eigenvalue weighted by Gasteiger charge is -2.58. The van der Waals surface area contributed by atoms with Gasteiger partial charge in [-0.2, -0.15) is 0 Å². The van der Waals surface area contributed by atoms with Crippen LogP contribution < -0.4 is 4.43 Å². The van der Waals surface area contributed by atoms with Gasteiger partial charge >= 0.3 is 5.97 Å². The normalized spacial score (nSPS) is 27.7. The first-order valence-electron chi connectivity index (χ1n) is 13.2. The number of carboxylic acid groups (broad SMARTS) is 1. The van der Waals surface area contributed by atoms with Crippen LogP contribution in [-0.4, -0.2) is 20.1 Å². The second-order valence-corrected chi connectivity index (χ2v) is 14.6. The van der Waals surface area contributed by atoms with Gasteiger partial charge < -0.3 is 9.53 Å². The molecule has 0 aromatic heterocycles. The molecule has 0 aliphatic heterocycles. The molecule has 4 aliphatic carbocycles. The van der Waals surface area contributed by atoms with Crippen LogP contribution in [0.1, 0.15) is 91.9 Å². The van der Waals surface area contributed by atoms with Gasteiger partial charge in [0.1, 0.15) is 5.75 Å². The molecule has 1 N–H and O–H groups in total. The maximum atomic E-state index is 11.2. The van der Waals surface area contributed by atoms with Gasteiger partial charge in [0, 0.05) is 16.5 Å². The SMILES string of the molecule is C[Si](C)Oc1c(C=Cc2ccc(C(=O)O)cc2)ccc(C(C)(C)C)c1C12CC3CC(CC(C3)C1)C2. The first-order chi connectivity index (χ1) is 16.5. The van der Waals surface area contributed by atoms with Crippen LogP contribution in [0.3, 0.4) is 0 Å². The highest BCUT2D eigenvalue weighted by Crippen LogP contribution is 2.63. The average molecular weight is 488 g/mol. The Balaban J connectivity index is 1.63. The van der Waals surface area contributed by atoms with E-state index in [4.69, 9.17) is 4.43 Å². The van der Waals surface area contributed by atoms with Crippen molar-refractivity contribution >= 4 is 27.2 Å². The lowest BCUT2D eigenvalue weighted by Crippen LogP contribution is -2.49. The van der Waals surface area contributed by atoms with E-state index in [-0.39, 0.29) is 10.8 Å². The summed E-state index contributed by atoms with van der Waals surface area (Å²) in [4.78, 5) is 11.2. The molecule has 4 saturated carbocycles. The van der Waals surface area contributed by atoms with Crippen molar-refractivity contribution in [1.29, 1.82) is 0 Å². The number of hydrogen-bond acceptors (Lipinski definition) is 2. The Labute approximate surface area is 212 Å². The summed E-state index contributed by atoms with van der Waals surface area (Å²) in [6.07, 6.45) is 12.5. The van der Waals surface area contributed by atoms with Crippen molar-refractivity contribution < 1.29 is 14.3 Å². The van der Waals surface area contributed by atoms with Crippen molar-refractivity contribution in [3.8, 4) is 5.75 Å². The molecule has 4 bridgehead atoms. The zero-order valence-corrected chi connectivity index (χ0v) is 22.9. The highest BCUT2D eigenvalue weighted by molar-refractivity contribution is 6.49. The topological polar surface area (TPSA) is 46.5 Å². The van der Waals surface area contributed by atoms with Crippen LogP contribution in [-0.2, 0) is 10.8 Å². The van der Waals surface area contributed by atoms with E-state index < -0.39 is 15.0 Å². The molecule has 2 aromatic rings. The Morgan fingerprint density at radius 1 is 0.943 bits per heavy atom. The first kappa shape index (κ1) is 24.4. The Bertz CT molecular complexity index is 1100. The summed E-state index contributed by atoms with van der Waals surface area (Å²) < 4.78 is 6.81. The van der Waals surface area contributed by atoms with Crippen LogP contribution in [0.2, 0.25) is 13.1 Å². The highest BCUT2D eigenvalue weighted by atomic mass is 28.3. The van der Waals surface area contributed by atoms with E-state index in [1.807, 2.05) is 12.1 Å². The highest BCUT2D eigenvalue weighted by Gasteiger charge is 2.53. The number of carbonyl (C=O) groups is 1. The van der Waals surface area contributed by atoms with Gasteiger partial charge in [-0.3, -0.25) is 0 Å². The van der Waals surface area contributed by atoms with E-state index in [1.54, 1.807) is 12.1 Å². The number of hydrogen-bond donors (Lipinski definition) is 1. The van der Waals surface area contributed by atoms with Gasteiger partial charge in [-0.1, -0.05) is 57.2 Å². The second-order valence-electron chi connectivity index (χ2n) is 12.6. The lowest BCUT2D eigenvalue weighted by molar-refractivity contribution is -0.00658. The Kier molecular flexibility index (Phi) is 6.23. The van der Waals surface area contributed by atoms with Crippen molar-refractivity contribution in [1.82, 2.24) is 0 Å². The maximum absolute atomic E-state index is 11.2. The summed E-state index contributed by atoms with van der Waals surface area (Å²) in [5.41, 5.74) is 5.73. The molecule has 185 valence electrons. The summed E-state index contributed by atoms with van der Waals surface area (Å²) in [7, 11) is -0.958. The molecule has 1 radical (unpaired) electrons.